The maximum Gasteiger partial charge on any atom is 0.573 e. The largest absolute Gasteiger partial charge is 0.573 e. The van der Waals surface area contributed by atoms with Gasteiger partial charge in [-0.3, -0.25) is 14.5 Å². The molecule has 2 aromatic rings. The van der Waals surface area contributed by atoms with Crippen molar-refractivity contribution in [2.45, 2.75) is 57.7 Å². The Labute approximate surface area is 214 Å². The molecule has 5 atom stereocenters. The molecule has 4 bridgehead atoms. The average molecular weight is 516 g/mol. The Hall–Kier alpha value is -3.07. The number of rotatable bonds is 8. The van der Waals surface area contributed by atoms with Crippen LogP contribution in [0.5, 0.6) is 5.75 Å². The van der Waals surface area contributed by atoms with Gasteiger partial charge in [0.2, 0.25) is 11.8 Å². The number of nitrogens with zero attached hydrogens (tertiary/aromatic N) is 1. The van der Waals surface area contributed by atoms with Crippen LogP contribution in [0.1, 0.15) is 37.8 Å². The van der Waals surface area contributed by atoms with E-state index in [2.05, 4.69) is 34.1 Å². The first kappa shape index (κ1) is 25.6. The quantitative estimate of drug-likeness (QED) is 0.552. The number of fused-ring (bicyclic) bond motifs is 1. The van der Waals surface area contributed by atoms with Crippen molar-refractivity contribution in [2.75, 3.05) is 6.54 Å². The van der Waals surface area contributed by atoms with Crippen LogP contribution in [0.4, 0.5) is 13.2 Å². The number of likely N-dealkylation sites (tertiary alicyclic amines) is 1. The van der Waals surface area contributed by atoms with Crippen LogP contribution in [0.3, 0.4) is 0 Å². The summed E-state index contributed by atoms with van der Waals surface area (Å²) in [7, 11) is 0. The lowest BCUT2D eigenvalue weighted by molar-refractivity contribution is -0.274. The van der Waals surface area contributed by atoms with E-state index in [9.17, 15) is 22.8 Å². The van der Waals surface area contributed by atoms with Gasteiger partial charge in [0.25, 0.3) is 0 Å². The van der Waals surface area contributed by atoms with Gasteiger partial charge >= 0.3 is 6.36 Å². The predicted octanol–water partition coefficient (Wildman–Crippen LogP) is 4.25. The van der Waals surface area contributed by atoms with E-state index in [0.717, 1.165) is 17.5 Å². The molecule has 6 rings (SSSR count). The van der Waals surface area contributed by atoms with Crippen molar-refractivity contribution in [3.05, 3.63) is 65.7 Å². The molecule has 2 amide bonds. The maximum absolute atomic E-state index is 13.8. The topological polar surface area (TPSA) is 70.7 Å². The highest BCUT2D eigenvalue weighted by Crippen LogP contribution is 2.54. The van der Waals surface area contributed by atoms with Gasteiger partial charge < -0.3 is 15.4 Å². The number of ether oxygens (including phenoxy) is 1. The number of halogens is 3. The van der Waals surface area contributed by atoms with Gasteiger partial charge in [-0.1, -0.05) is 56.3 Å². The second-order valence-corrected chi connectivity index (χ2v) is 11.0. The standard InChI is InChI=1S/C28H32F3N3O3/c1-17(2)12-22-24-23-20(16-34(24)15-19-8-10-21(11-9-19)37-28(29,30)31)13-27(22,33-25(23)35)26(36)32-14-18-6-4-3-5-7-18/h3-11,17,20,22-24H,12-16H2,1-2H3,(H,32,36)(H,33,35). The molecule has 5 unspecified atom stereocenters. The maximum atomic E-state index is 13.8. The molecule has 9 heteroatoms. The van der Waals surface area contributed by atoms with E-state index >= 15 is 0 Å². The number of hydrogen-bond donors (Lipinski definition) is 2. The Bertz CT molecular complexity index is 1140. The van der Waals surface area contributed by atoms with Crippen LogP contribution in [0, 0.1) is 23.7 Å². The van der Waals surface area contributed by atoms with Crippen LogP contribution in [0.2, 0.25) is 0 Å². The predicted molar refractivity (Wildman–Crippen MR) is 131 cm³/mol. The Kier molecular flexibility index (Phi) is 6.68. The molecule has 1 aliphatic carbocycles. The van der Waals surface area contributed by atoms with Crippen LogP contribution in [-0.2, 0) is 22.7 Å². The van der Waals surface area contributed by atoms with Crippen molar-refractivity contribution >= 4 is 11.8 Å². The number of hydrogen-bond acceptors (Lipinski definition) is 4. The first-order valence-electron chi connectivity index (χ1n) is 12.8. The lowest BCUT2D eigenvalue weighted by atomic mass is 9.57. The Morgan fingerprint density at radius 3 is 2.49 bits per heavy atom. The molecule has 6 nitrogen and oxygen atoms in total. The number of alkyl halides is 3. The third-order valence-electron chi connectivity index (χ3n) is 8.01. The lowest BCUT2D eigenvalue weighted by Crippen LogP contribution is -2.75. The fourth-order valence-corrected chi connectivity index (χ4v) is 6.71. The molecule has 1 saturated carbocycles. The summed E-state index contributed by atoms with van der Waals surface area (Å²) in [5.41, 5.74) is 0.856. The summed E-state index contributed by atoms with van der Waals surface area (Å²) in [6, 6.07) is 15.5. The number of benzene rings is 2. The van der Waals surface area contributed by atoms with Crippen LogP contribution >= 0.6 is 0 Å². The van der Waals surface area contributed by atoms with E-state index in [-0.39, 0.29) is 41.4 Å². The van der Waals surface area contributed by atoms with Gasteiger partial charge in [-0.2, -0.15) is 0 Å². The summed E-state index contributed by atoms with van der Waals surface area (Å²) in [5, 5.41) is 6.22. The van der Waals surface area contributed by atoms with Gasteiger partial charge in [-0.15, -0.1) is 13.2 Å². The summed E-state index contributed by atoms with van der Waals surface area (Å²) in [6.45, 7) is 5.80. The van der Waals surface area contributed by atoms with Gasteiger partial charge in [0, 0.05) is 31.6 Å². The molecular weight excluding hydrogens is 483 g/mol. The molecule has 2 N–H and O–H groups in total. The summed E-state index contributed by atoms with van der Waals surface area (Å²) >= 11 is 0. The number of nitrogens with one attached hydrogen (secondary N) is 2. The smallest absolute Gasteiger partial charge is 0.406 e. The molecule has 0 radical (unpaired) electrons. The van der Waals surface area contributed by atoms with E-state index in [1.165, 1.54) is 12.1 Å². The third kappa shape index (κ3) is 5.06. The van der Waals surface area contributed by atoms with Crippen molar-refractivity contribution in [3.8, 4) is 5.75 Å². The summed E-state index contributed by atoms with van der Waals surface area (Å²) < 4.78 is 41.6. The van der Waals surface area contributed by atoms with E-state index in [4.69, 9.17) is 0 Å². The van der Waals surface area contributed by atoms with Crippen LogP contribution < -0.4 is 15.4 Å². The number of amides is 2. The highest BCUT2D eigenvalue weighted by Gasteiger charge is 2.67. The molecule has 3 saturated heterocycles. The minimum atomic E-state index is -4.74. The molecule has 4 aliphatic rings. The Morgan fingerprint density at radius 1 is 1.14 bits per heavy atom. The normalized spacial score (nSPS) is 28.9. The molecule has 37 heavy (non-hydrogen) atoms. The molecule has 3 aliphatic heterocycles. The third-order valence-corrected chi connectivity index (χ3v) is 8.01. The lowest BCUT2D eigenvalue weighted by Gasteiger charge is -2.55. The second kappa shape index (κ2) is 9.67. The first-order chi connectivity index (χ1) is 17.6. The van der Waals surface area contributed by atoms with E-state index < -0.39 is 11.9 Å². The molecule has 2 aromatic carbocycles. The van der Waals surface area contributed by atoms with Gasteiger partial charge in [-0.05, 0) is 47.9 Å². The summed E-state index contributed by atoms with van der Waals surface area (Å²) in [5.74, 6) is -0.372. The van der Waals surface area contributed by atoms with Crippen LogP contribution in [0.25, 0.3) is 0 Å². The minimum Gasteiger partial charge on any atom is -0.406 e. The number of piperidine rings is 2. The SMILES string of the molecule is CC(C)CC1C2C3C(=O)NC1(C(=O)NCc1ccccc1)CC3CN2Cc1ccc(OC(F)(F)F)cc1. The highest BCUT2D eigenvalue weighted by molar-refractivity contribution is 5.96. The first-order valence-corrected chi connectivity index (χ1v) is 12.8. The van der Waals surface area contributed by atoms with Gasteiger partial charge in [-0.25, -0.2) is 0 Å². The van der Waals surface area contributed by atoms with E-state index in [1.807, 2.05) is 30.3 Å². The van der Waals surface area contributed by atoms with Crippen molar-refractivity contribution in [3.63, 3.8) is 0 Å². The monoisotopic (exact) mass is 515 g/mol. The highest BCUT2D eigenvalue weighted by atomic mass is 19.4. The fourth-order valence-electron chi connectivity index (χ4n) is 6.71. The van der Waals surface area contributed by atoms with Crippen molar-refractivity contribution < 1.29 is 27.5 Å². The fraction of sp³-hybridized carbons (Fsp3) is 0.500. The van der Waals surface area contributed by atoms with Crippen molar-refractivity contribution in [2.24, 2.45) is 23.7 Å². The van der Waals surface area contributed by atoms with Gasteiger partial charge in [0.15, 0.2) is 0 Å². The minimum absolute atomic E-state index is 0.0532. The molecule has 3 heterocycles. The second-order valence-electron chi connectivity index (χ2n) is 11.0. The zero-order valence-corrected chi connectivity index (χ0v) is 20.9. The van der Waals surface area contributed by atoms with Crippen molar-refractivity contribution in [1.29, 1.82) is 0 Å². The van der Waals surface area contributed by atoms with E-state index in [0.29, 0.717) is 32.0 Å². The summed E-state index contributed by atoms with van der Waals surface area (Å²) in [4.78, 5) is 29.3. The molecule has 4 fully saturated rings. The average Bonchev–Trinajstić information content (AvgIpc) is 3.14. The van der Waals surface area contributed by atoms with Crippen molar-refractivity contribution in [1.82, 2.24) is 15.5 Å². The summed E-state index contributed by atoms with van der Waals surface area (Å²) in [6.07, 6.45) is -3.37. The van der Waals surface area contributed by atoms with Gasteiger partial charge in [0.1, 0.15) is 11.3 Å². The van der Waals surface area contributed by atoms with Crippen LogP contribution in [0.15, 0.2) is 54.6 Å². The molecule has 0 spiro atoms. The van der Waals surface area contributed by atoms with Crippen LogP contribution in [-0.4, -0.2) is 41.2 Å². The zero-order chi connectivity index (χ0) is 26.4. The number of carbonyl (C=O) groups excluding carboxylic acids is 2. The zero-order valence-electron chi connectivity index (χ0n) is 20.9. The number of carbonyl (C=O) groups is 2. The Morgan fingerprint density at radius 2 is 1.84 bits per heavy atom. The molecule has 198 valence electrons. The molecular formula is C28H32F3N3O3. The molecule has 0 aromatic heterocycles. The van der Waals surface area contributed by atoms with Gasteiger partial charge in [0.05, 0.1) is 5.92 Å². The van der Waals surface area contributed by atoms with E-state index in [1.54, 1.807) is 12.1 Å². The Balaban J connectivity index is 1.38.